The van der Waals surface area contributed by atoms with Gasteiger partial charge in [-0.2, -0.15) is 0 Å². The van der Waals surface area contributed by atoms with Crippen LogP contribution in [0.15, 0.2) is 24.3 Å². The highest BCUT2D eigenvalue weighted by Gasteiger charge is 2.39. The molecule has 30 heavy (non-hydrogen) atoms. The summed E-state index contributed by atoms with van der Waals surface area (Å²) in [5.41, 5.74) is 5.83. The number of rotatable bonds is 4. The number of carbonyl (C=O) groups is 1. The van der Waals surface area contributed by atoms with Crippen molar-refractivity contribution in [3.8, 4) is 11.5 Å². The lowest BCUT2D eigenvalue weighted by atomic mass is 9.77. The van der Waals surface area contributed by atoms with Crippen molar-refractivity contribution in [2.45, 2.75) is 72.1 Å². The summed E-state index contributed by atoms with van der Waals surface area (Å²) in [5, 5.41) is 9.08. The molecule has 0 aromatic heterocycles. The summed E-state index contributed by atoms with van der Waals surface area (Å²) >= 11 is 0. The fourth-order valence-electron chi connectivity index (χ4n) is 4.10. The Bertz CT molecular complexity index is 951. The fourth-order valence-corrected chi connectivity index (χ4v) is 4.10. The van der Waals surface area contributed by atoms with Gasteiger partial charge in [0.25, 0.3) is 0 Å². The molecule has 0 amide bonds. The molecule has 0 radical (unpaired) electrons. The van der Waals surface area contributed by atoms with Crippen LogP contribution in [0.1, 0.15) is 80.8 Å². The van der Waals surface area contributed by atoms with Gasteiger partial charge in [-0.15, -0.1) is 0 Å². The van der Waals surface area contributed by atoms with Crippen molar-refractivity contribution in [1.29, 1.82) is 0 Å². The monoisotopic (exact) mass is 410 g/mol. The second-order valence-corrected chi connectivity index (χ2v) is 10.4. The summed E-state index contributed by atoms with van der Waals surface area (Å²) in [5.74, 6) is 0.789. The highest BCUT2D eigenvalue weighted by atomic mass is 16.5. The van der Waals surface area contributed by atoms with Gasteiger partial charge in [0.05, 0.1) is 6.61 Å². The van der Waals surface area contributed by atoms with E-state index in [1.54, 1.807) is 0 Å². The van der Waals surface area contributed by atoms with E-state index in [1.807, 2.05) is 26.0 Å². The van der Waals surface area contributed by atoms with E-state index >= 15 is 0 Å². The summed E-state index contributed by atoms with van der Waals surface area (Å²) in [7, 11) is 0. The molecule has 0 saturated carbocycles. The van der Waals surface area contributed by atoms with Crippen LogP contribution < -0.4 is 9.47 Å². The zero-order valence-electron chi connectivity index (χ0n) is 19.5. The fraction of sp³-hybridized carbons (Fsp3) is 0.500. The first-order chi connectivity index (χ1) is 13.8. The summed E-state index contributed by atoms with van der Waals surface area (Å²) in [6.07, 6.45) is 0. The van der Waals surface area contributed by atoms with Crippen LogP contribution in [0.4, 0.5) is 0 Å². The lowest BCUT2D eigenvalue weighted by Gasteiger charge is -2.27. The van der Waals surface area contributed by atoms with Gasteiger partial charge >= 0.3 is 5.97 Å². The smallest absolute Gasteiger partial charge is 0.323 e. The first-order valence-electron chi connectivity index (χ1n) is 10.6. The Balaban J connectivity index is 2.19. The summed E-state index contributed by atoms with van der Waals surface area (Å²) < 4.78 is 11.6. The maximum atomic E-state index is 13.1. The van der Waals surface area contributed by atoms with E-state index in [4.69, 9.17) is 14.6 Å². The molecule has 2 aromatic carbocycles. The third-order valence-electron chi connectivity index (χ3n) is 5.69. The quantitative estimate of drug-likeness (QED) is 0.547. The van der Waals surface area contributed by atoms with Gasteiger partial charge in [0.1, 0.15) is 24.0 Å². The molecule has 4 nitrogen and oxygen atoms in total. The minimum absolute atomic E-state index is 0.0336. The van der Waals surface area contributed by atoms with E-state index in [9.17, 15) is 4.79 Å². The average Bonchev–Trinajstić information content (AvgIpc) is 2.94. The van der Waals surface area contributed by atoms with E-state index in [2.05, 4.69) is 53.7 Å². The number of fused-ring (bicyclic) bond motifs is 1. The van der Waals surface area contributed by atoms with Crippen molar-refractivity contribution in [2.24, 2.45) is 0 Å². The van der Waals surface area contributed by atoms with Gasteiger partial charge in [-0.25, -0.2) is 0 Å². The zero-order chi connectivity index (χ0) is 22.4. The summed E-state index contributed by atoms with van der Waals surface area (Å²) in [4.78, 5) is 13.1. The summed E-state index contributed by atoms with van der Waals surface area (Å²) in [6, 6.07) is 8.33. The molecule has 2 aromatic rings. The minimum atomic E-state index is -0.451. The van der Waals surface area contributed by atoms with E-state index in [0.717, 1.165) is 33.6 Å². The molecular weight excluding hydrogens is 376 g/mol. The third kappa shape index (κ3) is 4.11. The molecule has 1 atom stereocenters. The first-order valence-corrected chi connectivity index (χ1v) is 10.6. The second kappa shape index (κ2) is 7.73. The second-order valence-electron chi connectivity index (χ2n) is 10.4. The Morgan fingerprint density at radius 2 is 1.57 bits per heavy atom. The number of aliphatic hydroxyl groups is 1. The Morgan fingerprint density at radius 1 is 0.967 bits per heavy atom. The average molecular weight is 411 g/mol. The molecule has 1 unspecified atom stereocenters. The molecule has 162 valence electrons. The van der Waals surface area contributed by atoms with E-state index < -0.39 is 5.92 Å². The van der Waals surface area contributed by atoms with Crippen molar-refractivity contribution in [1.82, 2.24) is 0 Å². The van der Waals surface area contributed by atoms with Crippen LogP contribution in [-0.4, -0.2) is 24.3 Å². The Labute approximate surface area is 180 Å². The van der Waals surface area contributed by atoms with Crippen LogP contribution in [0, 0.1) is 13.8 Å². The van der Waals surface area contributed by atoms with Crippen LogP contribution in [0.3, 0.4) is 0 Å². The molecule has 4 heteroatoms. The first kappa shape index (κ1) is 22.4. The Hall–Kier alpha value is -2.33. The van der Waals surface area contributed by atoms with Crippen molar-refractivity contribution in [3.63, 3.8) is 0 Å². The van der Waals surface area contributed by atoms with Crippen LogP contribution in [0.25, 0.3) is 0 Å². The Morgan fingerprint density at radius 3 is 2.07 bits per heavy atom. The van der Waals surface area contributed by atoms with Gasteiger partial charge in [0.15, 0.2) is 0 Å². The molecule has 0 bridgehead atoms. The number of aryl methyl sites for hydroxylation is 2. The number of benzene rings is 2. The highest BCUT2D eigenvalue weighted by molar-refractivity contribution is 5.90. The van der Waals surface area contributed by atoms with Crippen molar-refractivity contribution >= 4 is 5.97 Å². The SMILES string of the molecule is Cc1cc(C2C(=O)Oc3c2cc(C(C)(C)C)cc3C(C)(C)C)cc(C)c1OCCO. The number of aliphatic hydroxyl groups excluding tert-OH is 1. The van der Waals surface area contributed by atoms with E-state index in [0.29, 0.717) is 5.75 Å². The molecular formula is C26H34O4. The van der Waals surface area contributed by atoms with Gasteiger partial charge in [0.2, 0.25) is 0 Å². The molecule has 0 fully saturated rings. The van der Waals surface area contributed by atoms with Crippen molar-refractivity contribution in [2.75, 3.05) is 13.2 Å². The molecule has 0 saturated heterocycles. The maximum absolute atomic E-state index is 13.1. The van der Waals surface area contributed by atoms with E-state index in [1.165, 1.54) is 5.56 Å². The maximum Gasteiger partial charge on any atom is 0.323 e. The largest absolute Gasteiger partial charge is 0.491 e. The molecule has 0 aliphatic carbocycles. The third-order valence-corrected chi connectivity index (χ3v) is 5.69. The Kier molecular flexibility index (Phi) is 5.76. The van der Waals surface area contributed by atoms with Crippen molar-refractivity contribution in [3.05, 3.63) is 57.6 Å². The van der Waals surface area contributed by atoms with E-state index in [-0.39, 0.29) is 30.0 Å². The molecule has 1 aliphatic heterocycles. The van der Waals surface area contributed by atoms with Crippen LogP contribution in [0.5, 0.6) is 11.5 Å². The molecule has 3 rings (SSSR count). The normalized spacial score (nSPS) is 16.4. The van der Waals surface area contributed by atoms with Gasteiger partial charge in [-0.05, 0) is 46.9 Å². The number of esters is 1. The minimum Gasteiger partial charge on any atom is -0.491 e. The molecule has 1 N–H and O–H groups in total. The topological polar surface area (TPSA) is 55.8 Å². The lowest BCUT2D eigenvalue weighted by molar-refractivity contribution is -0.133. The summed E-state index contributed by atoms with van der Waals surface area (Å²) in [6.45, 7) is 17.2. The predicted octanol–water partition coefficient (Wildman–Crippen LogP) is 5.32. The van der Waals surface area contributed by atoms with Crippen molar-refractivity contribution < 1.29 is 19.4 Å². The van der Waals surface area contributed by atoms with Gasteiger partial charge in [-0.3, -0.25) is 4.79 Å². The molecule has 1 aliphatic rings. The van der Waals surface area contributed by atoms with Gasteiger partial charge < -0.3 is 14.6 Å². The van der Waals surface area contributed by atoms with Gasteiger partial charge in [0, 0.05) is 11.1 Å². The standard InChI is InChI=1S/C26H34O4/c1-15-11-17(12-16(2)22(15)29-10-9-27)21-19-13-18(25(3,4)5)14-20(26(6,7)8)23(19)30-24(21)28/h11-14,21,27H,9-10H2,1-8H3. The van der Waals surface area contributed by atoms with Crippen LogP contribution in [-0.2, 0) is 15.6 Å². The van der Waals surface area contributed by atoms with Crippen LogP contribution in [0.2, 0.25) is 0 Å². The lowest BCUT2D eigenvalue weighted by Crippen LogP contribution is -2.17. The highest BCUT2D eigenvalue weighted by Crippen LogP contribution is 2.47. The molecule has 1 heterocycles. The van der Waals surface area contributed by atoms with Crippen LogP contribution >= 0.6 is 0 Å². The zero-order valence-corrected chi connectivity index (χ0v) is 19.5. The number of ether oxygens (including phenoxy) is 2. The number of hydrogen-bond acceptors (Lipinski definition) is 4. The predicted molar refractivity (Wildman–Crippen MR) is 120 cm³/mol. The van der Waals surface area contributed by atoms with Gasteiger partial charge in [-0.1, -0.05) is 65.8 Å². The number of hydrogen-bond donors (Lipinski definition) is 1. The molecule has 0 spiro atoms. The number of carbonyl (C=O) groups excluding carboxylic acids is 1.